The molecule has 92 valence electrons. The molecule has 1 rings (SSSR count). The normalized spacial score (nSPS) is 12.1. The highest BCUT2D eigenvalue weighted by Crippen LogP contribution is 2.29. The molecular formula is C9H13F3N2OS. The molecule has 0 aromatic carbocycles. The highest BCUT2D eigenvalue weighted by Gasteiger charge is 2.27. The molecule has 7 heteroatoms. The molecule has 0 unspecified atom stereocenters. The Morgan fingerprint density at radius 1 is 1.50 bits per heavy atom. The van der Waals surface area contributed by atoms with Gasteiger partial charge in [-0.3, -0.25) is 4.68 Å². The van der Waals surface area contributed by atoms with Gasteiger partial charge in [0.2, 0.25) is 0 Å². The van der Waals surface area contributed by atoms with Crippen LogP contribution in [0, 0.1) is 0 Å². The van der Waals surface area contributed by atoms with Gasteiger partial charge in [0.05, 0.1) is 19.0 Å². The molecule has 0 saturated carbocycles. The van der Waals surface area contributed by atoms with E-state index in [9.17, 15) is 13.2 Å². The lowest BCUT2D eigenvalue weighted by Gasteiger charge is -2.06. The summed E-state index contributed by atoms with van der Waals surface area (Å²) in [6, 6.07) is 0.210. The Morgan fingerprint density at radius 3 is 2.69 bits per heavy atom. The van der Waals surface area contributed by atoms with Gasteiger partial charge < -0.3 is 4.74 Å². The van der Waals surface area contributed by atoms with Gasteiger partial charge >= 0.3 is 5.51 Å². The first-order valence-electron chi connectivity index (χ1n) is 4.76. The number of rotatable bonds is 5. The monoisotopic (exact) mass is 254 g/mol. The van der Waals surface area contributed by atoms with Crippen molar-refractivity contribution < 1.29 is 17.9 Å². The summed E-state index contributed by atoms with van der Waals surface area (Å²) >= 11 is -0.0863. The van der Waals surface area contributed by atoms with Gasteiger partial charge in [0.1, 0.15) is 0 Å². The lowest BCUT2D eigenvalue weighted by atomic mass is 10.4. The summed E-state index contributed by atoms with van der Waals surface area (Å²) in [5.74, 6) is 0.382. The standard InChI is InChI=1S/C9H13F3N2OS/c1-7(2)14-6-8(5-13-14)15-3-4-16-9(10,11)12/h5-7H,3-4H2,1-2H3. The average Bonchev–Trinajstić information content (AvgIpc) is 2.59. The maximum atomic E-state index is 11.8. The van der Waals surface area contributed by atoms with E-state index in [1.54, 1.807) is 10.9 Å². The highest BCUT2D eigenvalue weighted by atomic mass is 32.2. The molecule has 0 aliphatic carbocycles. The number of hydrogen-bond acceptors (Lipinski definition) is 3. The third-order valence-electron chi connectivity index (χ3n) is 1.72. The maximum Gasteiger partial charge on any atom is 0.441 e. The topological polar surface area (TPSA) is 27.1 Å². The van der Waals surface area contributed by atoms with Crippen molar-refractivity contribution in [2.45, 2.75) is 25.4 Å². The van der Waals surface area contributed by atoms with Gasteiger partial charge in [0.15, 0.2) is 5.75 Å². The second-order valence-electron chi connectivity index (χ2n) is 3.39. The third kappa shape index (κ3) is 4.78. The van der Waals surface area contributed by atoms with Gasteiger partial charge in [-0.05, 0) is 25.6 Å². The molecule has 0 fully saturated rings. The van der Waals surface area contributed by atoms with E-state index in [0.717, 1.165) is 0 Å². The molecule has 1 aromatic heterocycles. The van der Waals surface area contributed by atoms with Crippen LogP contribution in [0.25, 0.3) is 0 Å². The number of nitrogens with zero attached hydrogens (tertiary/aromatic N) is 2. The molecule has 0 bridgehead atoms. The zero-order valence-electron chi connectivity index (χ0n) is 8.99. The van der Waals surface area contributed by atoms with Crippen LogP contribution in [-0.4, -0.2) is 27.6 Å². The minimum atomic E-state index is -4.19. The first-order valence-corrected chi connectivity index (χ1v) is 5.74. The molecule has 3 nitrogen and oxygen atoms in total. The quantitative estimate of drug-likeness (QED) is 0.755. The van der Waals surface area contributed by atoms with Crippen LogP contribution in [0.3, 0.4) is 0 Å². The molecule has 0 amide bonds. The molecule has 1 aromatic rings. The van der Waals surface area contributed by atoms with Gasteiger partial charge in [-0.1, -0.05) is 0 Å². The second-order valence-corrected chi connectivity index (χ2v) is 4.55. The minimum Gasteiger partial charge on any atom is -0.489 e. The van der Waals surface area contributed by atoms with E-state index in [-0.39, 0.29) is 30.2 Å². The fourth-order valence-electron chi connectivity index (χ4n) is 0.994. The molecular weight excluding hydrogens is 241 g/mol. The summed E-state index contributed by atoms with van der Waals surface area (Å²) in [5, 5.41) is 4.01. The summed E-state index contributed by atoms with van der Waals surface area (Å²) in [5.41, 5.74) is -4.19. The van der Waals surface area contributed by atoms with E-state index in [4.69, 9.17) is 4.74 Å². The van der Waals surface area contributed by atoms with E-state index in [1.807, 2.05) is 13.8 Å². The van der Waals surface area contributed by atoms with Crippen LogP contribution >= 0.6 is 11.8 Å². The second kappa shape index (κ2) is 5.47. The molecule has 0 aliphatic rings. The zero-order chi connectivity index (χ0) is 12.2. The lowest BCUT2D eigenvalue weighted by molar-refractivity contribution is -0.0329. The van der Waals surface area contributed by atoms with Crippen molar-refractivity contribution in [3.63, 3.8) is 0 Å². The van der Waals surface area contributed by atoms with Crippen LogP contribution in [0.5, 0.6) is 5.75 Å². The lowest BCUT2D eigenvalue weighted by Crippen LogP contribution is -2.07. The molecule has 16 heavy (non-hydrogen) atoms. The number of aromatic nitrogens is 2. The van der Waals surface area contributed by atoms with E-state index < -0.39 is 5.51 Å². The largest absolute Gasteiger partial charge is 0.489 e. The van der Waals surface area contributed by atoms with E-state index >= 15 is 0 Å². The fourth-order valence-corrected chi connectivity index (χ4v) is 1.39. The predicted molar refractivity (Wildman–Crippen MR) is 56.6 cm³/mol. The van der Waals surface area contributed by atoms with Crippen LogP contribution < -0.4 is 4.74 Å². The smallest absolute Gasteiger partial charge is 0.441 e. The van der Waals surface area contributed by atoms with Crippen molar-refractivity contribution in [1.29, 1.82) is 0 Å². The summed E-state index contributed by atoms with van der Waals surface area (Å²) in [4.78, 5) is 0. The first kappa shape index (κ1) is 13.2. The Bertz CT molecular complexity index is 325. The van der Waals surface area contributed by atoms with Crippen molar-refractivity contribution in [3.05, 3.63) is 12.4 Å². The van der Waals surface area contributed by atoms with Gasteiger partial charge in [0.25, 0.3) is 0 Å². The Hall–Kier alpha value is -0.850. The Balaban J connectivity index is 2.27. The van der Waals surface area contributed by atoms with Crippen molar-refractivity contribution in [2.75, 3.05) is 12.4 Å². The van der Waals surface area contributed by atoms with Crippen LogP contribution in [0.1, 0.15) is 19.9 Å². The summed E-state index contributed by atoms with van der Waals surface area (Å²) < 4.78 is 42.2. The molecule has 0 atom stereocenters. The van der Waals surface area contributed by atoms with E-state index in [0.29, 0.717) is 5.75 Å². The maximum absolute atomic E-state index is 11.8. The van der Waals surface area contributed by atoms with Gasteiger partial charge in [0, 0.05) is 11.8 Å². The number of hydrogen-bond donors (Lipinski definition) is 0. The van der Waals surface area contributed by atoms with Crippen molar-refractivity contribution in [1.82, 2.24) is 9.78 Å². The van der Waals surface area contributed by atoms with Crippen molar-refractivity contribution in [2.24, 2.45) is 0 Å². The minimum absolute atomic E-state index is 0.0218. The van der Waals surface area contributed by atoms with Crippen LogP contribution in [-0.2, 0) is 0 Å². The van der Waals surface area contributed by atoms with Gasteiger partial charge in [-0.15, -0.1) is 0 Å². The molecule has 0 spiro atoms. The van der Waals surface area contributed by atoms with Crippen LogP contribution in [0.15, 0.2) is 12.4 Å². The average molecular weight is 254 g/mol. The number of halogens is 3. The molecule has 0 saturated heterocycles. The first-order chi connectivity index (χ1) is 7.38. The SMILES string of the molecule is CC(C)n1cc(OCCSC(F)(F)F)cn1. The zero-order valence-corrected chi connectivity index (χ0v) is 9.81. The Labute approximate surface area is 96.0 Å². The predicted octanol–water partition coefficient (Wildman–Crippen LogP) is 3.10. The number of ether oxygens (including phenoxy) is 1. The van der Waals surface area contributed by atoms with Crippen molar-refractivity contribution in [3.8, 4) is 5.75 Å². The summed E-state index contributed by atoms with van der Waals surface area (Å²) in [7, 11) is 0. The summed E-state index contributed by atoms with van der Waals surface area (Å²) in [6.07, 6.45) is 3.17. The Kier molecular flexibility index (Phi) is 4.52. The third-order valence-corrected chi connectivity index (χ3v) is 2.42. The summed E-state index contributed by atoms with van der Waals surface area (Å²) in [6.45, 7) is 3.93. The number of thioether (sulfide) groups is 1. The van der Waals surface area contributed by atoms with Gasteiger partial charge in [-0.25, -0.2) is 0 Å². The Morgan fingerprint density at radius 2 is 2.19 bits per heavy atom. The molecule has 0 N–H and O–H groups in total. The fraction of sp³-hybridized carbons (Fsp3) is 0.667. The van der Waals surface area contributed by atoms with Crippen LogP contribution in [0.4, 0.5) is 13.2 Å². The van der Waals surface area contributed by atoms with E-state index in [1.165, 1.54) is 6.20 Å². The van der Waals surface area contributed by atoms with Crippen LogP contribution in [0.2, 0.25) is 0 Å². The van der Waals surface area contributed by atoms with E-state index in [2.05, 4.69) is 5.10 Å². The van der Waals surface area contributed by atoms with Crippen molar-refractivity contribution >= 4 is 11.8 Å². The molecule has 0 radical (unpaired) electrons. The number of alkyl halides is 3. The molecule has 1 heterocycles. The highest BCUT2D eigenvalue weighted by molar-refractivity contribution is 8.00. The molecule has 0 aliphatic heterocycles. The van der Waals surface area contributed by atoms with Gasteiger partial charge in [-0.2, -0.15) is 18.3 Å².